The number of benzene rings is 2. The Morgan fingerprint density at radius 2 is 1.70 bits per heavy atom. The van der Waals surface area contributed by atoms with E-state index in [-0.39, 0.29) is 11.7 Å². The molecule has 0 aromatic heterocycles. The molecular formula is C27H35FN2O3. The zero-order valence-electron chi connectivity index (χ0n) is 19.4. The van der Waals surface area contributed by atoms with Crippen LogP contribution in [0.4, 0.5) is 10.1 Å². The standard InChI is InChI=1S/C27H35FN2O3/c28-25-9-4-3-8-24(25)27(14-20-32-21-15-27)26(31)29-22-10-12-23(13-11-22)33-19-7-18-30-16-5-1-2-6-17-30/h3-4,8-13H,1-2,5-7,14-21H2,(H,29,31). The van der Waals surface area contributed by atoms with Gasteiger partial charge in [-0.2, -0.15) is 0 Å². The van der Waals surface area contributed by atoms with Crippen LogP contribution >= 0.6 is 0 Å². The monoisotopic (exact) mass is 454 g/mol. The molecule has 4 rings (SSSR count). The van der Waals surface area contributed by atoms with Gasteiger partial charge in [-0.1, -0.05) is 31.0 Å². The summed E-state index contributed by atoms with van der Waals surface area (Å²) in [6.45, 7) is 5.04. The number of amides is 1. The van der Waals surface area contributed by atoms with Crippen molar-refractivity contribution in [2.75, 3.05) is 44.8 Å². The lowest BCUT2D eigenvalue weighted by molar-refractivity contribution is -0.125. The maximum Gasteiger partial charge on any atom is 0.235 e. The molecule has 2 aliphatic rings. The topological polar surface area (TPSA) is 50.8 Å². The van der Waals surface area contributed by atoms with Crippen LogP contribution in [0.1, 0.15) is 50.5 Å². The summed E-state index contributed by atoms with van der Waals surface area (Å²) in [7, 11) is 0. The molecule has 0 saturated carbocycles. The molecule has 5 nitrogen and oxygen atoms in total. The number of rotatable bonds is 8. The van der Waals surface area contributed by atoms with E-state index >= 15 is 0 Å². The third-order valence-corrected chi connectivity index (χ3v) is 6.87. The number of halogens is 1. The third kappa shape index (κ3) is 6.12. The number of hydrogen-bond donors (Lipinski definition) is 1. The summed E-state index contributed by atoms with van der Waals surface area (Å²) in [5.41, 5.74) is 0.195. The fourth-order valence-electron chi connectivity index (χ4n) is 4.91. The predicted octanol–water partition coefficient (Wildman–Crippen LogP) is 5.16. The van der Waals surface area contributed by atoms with Crippen molar-refractivity contribution in [2.24, 2.45) is 0 Å². The van der Waals surface area contributed by atoms with Crippen molar-refractivity contribution < 1.29 is 18.7 Å². The lowest BCUT2D eigenvalue weighted by Gasteiger charge is -2.36. The summed E-state index contributed by atoms with van der Waals surface area (Å²) in [6.07, 6.45) is 7.23. The SMILES string of the molecule is O=C(Nc1ccc(OCCCN2CCCCCC2)cc1)C1(c2ccccc2F)CCOCC1. The highest BCUT2D eigenvalue weighted by atomic mass is 19.1. The van der Waals surface area contributed by atoms with Crippen molar-refractivity contribution in [1.82, 2.24) is 4.90 Å². The van der Waals surface area contributed by atoms with Gasteiger partial charge in [0.05, 0.1) is 12.0 Å². The van der Waals surface area contributed by atoms with Crippen LogP contribution in [0.3, 0.4) is 0 Å². The van der Waals surface area contributed by atoms with E-state index < -0.39 is 5.41 Å². The number of nitrogens with zero attached hydrogens (tertiary/aromatic N) is 1. The molecule has 0 bridgehead atoms. The van der Waals surface area contributed by atoms with Gasteiger partial charge in [-0.05, 0) is 75.5 Å². The molecule has 0 atom stereocenters. The number of nitrogens with one attached hydrogen (secondary N) is 1. The molecule has 1 N–H and O–H groups in total. The normalized spacial score (nSPS) is 18.9. The summed E-state index contributed by atoms with van der Waals surface area (Å²) in [5.74, 6) is 0.249. The highest BCUT2D eigenvalue weighted by Gasteiger charge is 2.43. The number of likely N-dealkylation sites (tertiary alicyclic amines) is 1. The molecule has 6 heteroatoms. The van der Waals surface area contributed by atoms with E-state index in [0.717, 1.165) is 18.7 Å². The van der Waals surface area contributed by atoms with Crippen LogP contribution in [0, 0.1) is 5.82 Å². The van der Waals surface area contributed by atoms with Gasteiger partial charge in [-0.25, -0.2) is 4.39 Å². The van der Waals surface area contributed by atoms with E-state index in [0.29, 0.717) is 43.9 Å². The van der Waals surface area contributed by atoms with Crippen LogP contribution in [-0.2, 0) is 14.9 Å². The van der Waals surface area contributed by atoms with Crippen molar-refractivity contribution in [2.45, 2.75) is 50.4 Å². The Labute approximate surface area is 196 Å². The van der Waals surface area contributed by atoms with Crippen molar-refractivity contribution in [3.05, 3.63) is 59.9 Å². The summed E-state index contributed by atoms with van der Waals surface area (Å²) >= 11 is 0. The Morgan fingerprint density at radius 1 is 1.00 bits per heavy atom. The summed E-state index contributed by atoms with van der Waals surface area (Å²) in [5, 5.41) is 3.00. The van der Waals surface area contributed by atoms with Gasteiger partial charge in [0.25, 0.3) is 0 Å². The van der Waals surface area contributed by atoms with Crippen molar-refractivity contribution >= 4 is 11.6 Å². The predicted molar refractivity (Wildman–Crippen MR) is 128 cm³/mol. The Hall–Kier alpha value is -2.44. The van der Waals surface area contributed by atoms with Gasteiger partial charge in [0.1, 0.15) is 11.6 Å². The van der Waals surface area contributed by atoms with Crippen LogP contribution in [0.15, 0.2) is 48.5 Å². The molecule has 0 spiro atoms. The summed E-state index contributed by atoms with van der Waals surface area (Å²) < 4.78 is 26.0. The molecule has 0 unspecified atom stereocenters. The highest BCUT2D eigenvalue weighted by Crippen LogP contribution is 2.37. The number of ether oxygens (including phenoxy) is 2. The smallest absolute Gasteiger partial charge is 0.235 e. The molecule has 2 saturated heterocycles. The van der Waals surface area contributed by atoms with Gasteiger partial charge in [-0.15, -0.1) is 0 Å². The fourth-order valence-corrected chi connectivity index (χ4v) is 4.91. The second-order valence-corrected chi connectivity index (χ2v) is 9.11. The molecule has 178 valence electrons. The van der Waals surface area contributed by atoms with E-state index in [1.165, 1.54) is 44.8 Å². The lowest BCUT2D eigenvalue weighted by atomic mass is 9.73. The van der Waals surface area contributed by atoms with E-state index in [4.69, 9.17) is 9.47 Å². The van der Waals surface area contributed by atoms with Gasteiger partial charge in [-0.3, -0.25) is 4.79 Å². The molecule has 33 heavy (non-hydrogen) atoms. The number of anilines is 1. The fraction of sp³-hybridized carbons (Fsp3) is 0.519. The Bertz CT molecular complexity index is 888. The van der Waals surface area contributed by atoms with Crippen molar-refractivity contribution in [1.29, 1.82) is 0 Å². The van der Waals surface area contributed by atoms with Gasteiger partial charge in [0, 0.05) is 31.0 Å². The minimum absolute atomic E-state index is 0.193. The Kier molecular flexibility index (Phi) is 8.35. The molecule has 1 amide bonds. The number of carbonyl (C=O) groups is 1. The number of hydrogen-bond acceptors (Lipinski definition) is 4. The molecule has 0 radical (unpaired) electrons. The van der Waals surface area contributed by atoms with Gasteiger partial charge in [0.2, 0.25) is 5.91 Å². The zero-order chi connectivity index (χ0) is 22.9. The molecule has 2 aromatic carbocycles. The van der Waals surface area contributed by atoms with Gasteiger partial charge in [0.15, 0.2) is 0 Å². The highest BCUT2D eigenvalue weighted by molar-refractivity contribution is 5.99. The first-order chi connectivity index (χ1) is 16.2. The van der Waals surface area contributed by atoms with Crippen LogP contribution in [0.25, 0.3) is 0 Å². The molecule has 2 heterocycles. The average Bonchev–Trinajstić information content (AvgIpc) is 3.12. The molecule has 0 aliphatic carbocycles. The molecular weight excluding hydrogens is 419 g/mol. The van der Waals surface area contributed by atoms with E-state index in [9.17, 15) is 9.18 Å². The first kappa shape index (κ1) is 23.7. The number of carbonyl (C=O) groups excluding carboxylic acids is 1. The van der Waals surface area contributed by atoms with Crippen molar-refractivity contribution in [3.8, 4) is 5.75 Å². The second kappa shape index (κ2) is 11.6. The first-order valence-electron chi connectivity index (χ1n) is 12.3. The van der Waals surface area contributed by atoms with Crippen molar-refractivity contribution in [3.63, 3.8) is 0 Å². The van der Waals surface area contributed by atoms with E-state index in [1.54, 1.807) is 18.2 Å². The average molecular weight is 455 g/mol. The van der Waals surface area contributed by atoms with Crippen LogP contribution in [0.5, 0.6) is 5.75 Å². The Morgan fingerprint density at radius 3 is 2.39 bits per heavy atom. The molecule has 2 fully saturated rings. The first-order valence-corrected chi connectivity index (χ1v) is 12.3. The maximum absolute atomic E-state index is 14.6. The summed E-state index contributed by atoms with van der Waals surface area (Å²) in [4.78, 5) is 15.9. The zero-order valence-corrected chi connectivity index (χ0v) is 19.4. The minimum Gasteiger partial charge on any atom is -0.494 e. The van der Waals surface area contributed by atoms with E-state index in [1.807, 2.05) is 24.3 Å². The maximum atomic E-state index is 14.6. The lowest BCUT2D eigenvalue weighted by Crippen LogP contribution is -2.45. The van der Waals surface area contributed by atoms with Gasteiger partial charge < -0.3 is 19.7 Å². The van der Waals surface area contributed by atoms with Gasteiger partial charge >= 0.3 is 0 Å². The minimum atomic E-state index is -0.925. The second-order valence-electron chi connectivity index (χ2n) is 9.11. The van der Waals surface area contributed by atoms with Crippen LogP contribution in [-0.4, -0.2) is 50.3 Å². The largest absolute Gasteiger partial charge is 0.494 e. The van der Waals surface area contributed by atoms with Crippen LogP contribution < -0.4 is 10.1 Å². The van der Waals surface area contributed by atoms with E-state index in [2.05, 4.69) is 10.2 Å². The molecule has 2 aromatic rings. The van der Waals surface area contributed by atoms with Crippen LogP contribution in [0.2, 0.25) is 0 Å². The molecule has 2 aliphatic heterocycles. The third-order valence-electron chi connectivity index (χ3n) is 6.87. The quantitative estimate of drug-likeness (QED) is 0.560. The Balaban J connectivity index is 1.32. The summed E-state index contributed by atoms with van der Waals surface area (Å²) in [6, 6.07) is 14.0.